The molecule has 3 aromatic rings. The van der Waals surface area contributed by atoms with Crippen LogP contribution in [0.3, 0.4) is 0 Å². The number of halogens is 1. The van der Waals surface area contributed by atoms with Crippen LogP contribution in [0.25, 0.3) is 11.1 Å². The van der Waals surface area contributed by atoms with Crippen LogP contribution in [0.15, 0.2) is 65.6 Å². The summed E-state index contributed by atoms with van der Waals surface area (Å²) in [6.45, 7) is 0.803. The van der Waals surface area contributed by atoms with E-state index in [0.29, 0.717) is 17.7 Å². The number of sulfonamides is 1. The molecule has 2 aliphatic rings. The van der Waals surface area contributed by atoms with Gasteiger partial charge < -0.3 is 5.32 Å². The van der Waals surface area contributed by atoms with Crippen molar-refractivity contribution in [3.05, 3.63) is 83.2 Å². The molecule has 1 spiro atoms. The molecule has 1 saturated carbocycles. The third kappa shape index (κ3) is 4.70. The van der Waals surface area contributed by atoms with Gasteiger partial charge in [0, 0.05) is 29.8 Å². The highest BCUT2D eigenvalue weighted by Gasteiger charge is 2.46. The van der Waals surface area contributed by atoms with Crippen molar-refractivity contribution < 1.29 is 17.6 Å². The topological polar surface area (TPSA) is 116 Å². The van der Waals surface area contributed by atoms with Gasteiger partial charge in [-0.15, -0.1) is 0 Å². The molecule has 0 unspecified atom stereocenters. The lowest BCUT2D eigenvalue weighted by atomic mass is 9.79. The predicted molar refractivity (Wildman–Crippen MR) is 139 cm³/mol. The van der Waals surface area contributed by atoms with Crippen molar-refractivity contribution >= 4 is 21.7 Å². The van der Waals surface area contributed by atoms with E-state index in [1.807, 2.05) is 18.2 Å². The Balaban J connectivity index is 1.42. The quantitative estimate of drug-likeness (QED) is 0.507. The molecule has 190 valence electrons. The zero-order valence-corrected chi connectivity index (χ0v) is 21.0. The lowest BCUT2D eigenvalue weighted by Gasteiger charge is -2.25. The number of rotatable bonds is 5. The minimum atomic E-state index is -3.77. The fraction of sp³-hybridized carbons (Fsp3) is 0.286. The molecule has 1 aliphatic carbocycles. The molecule has 3 N–H and O–H groups in total. The molecule has 2 amide bonds. The molecule has 0 radical (unpaired) electrons. The van der Waals surface area contributed by atoms with Crippen LogP contribution >= 0.6 is 0 Å². The van der Waals surface area contributed by atoms with Crippen LogP contribution in [0.2, 0.25) is 0 Å². The van der Waals surface area contributed by atoms with Gasteiger partial charge in [-0.25, -0.2) is 22.7 Å². The van der Waals surface area contributed by atoms with Gasteiger partial charge in [-0.2, -0.15) is 5.26 Å². The standard InChI is InChI=1S/C28H27FN4O3S/c29-25-5-3-4-22(23(25)12-15-30)20-8-11-26-24(16-20)28(13-1-2-14-28)18-33(26)27(34)32-17-19-6-9-21(10-7-19)37(31,35)36/h3-11,16H,1-2,12-14,17-18H2,(H,32,34)(H2,31,35,36). The number of amides is 2. The van der Waals surface area contributed by atoms with Crippen LogP contribution < -0.4 is 15.4 Å². The minimum Gasteiger partial charge on any atom is -0.334 e. The smallest absolute Gasteiger partial charge is 0.322 e. The van der Waals surface area contributed by atoms with E-state index in [1.54, 1.807) is 23.1 Å². The van der Waals surface area contributed by atoms with Crippen molar-refractivity contribution in [3.8, 4) is 17.2 Å². The summed E-state index contributed by atoms with van der Waals surface area (Å²) in [4.78, 5) is 15.1. The first-order chi connectivity index (χ1) is 17.7. The Hall–Kier alpha value is -3.74. The van der Waals surface area contributed by atoms with Crippen molar-refractivity contribution in [2.75, 3.05) is 11.4 Å². The lowest BCUT2D eigenvalue weighted by Crippen LogP contribution is -2.41. The Morgan fingerprint density at radius 3 is 2.51 bits per heavy atom. The van der Waals surface area contributed by atoms with E-state index in [1.165, 1.54) is 18.2 Å². The number of hydrogen-bond donors (Lipinski definition) is 2. The van der Waals surface area contributed by atoms with E-state index < -0.39 is 15.8 Å². The molecule has 1 fully saturated rings. The van der Waals surface area contributed by atoms with Crippen LogP contribution in [-0.4, -0.2) is 21.0 Å². The number of nitrogens with two attached hydrogens (primary N) is 1. The van der Waals surface area contributed by atoms with Gasteiger partial charge in [0.1, 0.15) is 5.82 Å². The first kappa shape index (κ1) is 24.9. The average molecular weight is 519 g/mol. The third-order valence-electron chi connectivity index (χ3n) is 7.51. The monoisotopic (exact) mass is 518 g/mol. The molecule has 0 atom stereocenters. The highest BCUT2D eigenvalue weighted by molar-refractivity contribution is 7.89. The van der Waals surface area contributed by atoms with E-state index in [2.05, 4.69) is 17.5 Å². The fourth-order valence-electron chi connectivity index (χ4n) is 5.66. The zero-order valence-electron chi connectivity index (χ0n) is 20.2. The maximum Gasteiger partial charge on any atom is 0.322 e. The van der Waals surface area contributed by atoms with Crippen LogP contribution in [-0.2, 0) is 28.4 Å². The van der Waals surface area contributed by atoms with Gasteiger partial charge >= 0.3 is 6.03 Å². The molecular formula is C28H27FN4O3S. The molecular weight excluding hydrogens is 491 g/mol. The number of nitrogens with zero attached hydrogens (tertiary/aromatic N) is 2. The average Bonchev–Trinajstić information content (AvgIpc) is 3.49. The van der Waals surface area contributed by atoms with Gasteiger partial charge in [0.25, 0.3) is 0 Å². The Labute approximate surface area is 215 Å². The maximum atomic E-state index is 14.5. The number of benzene rings is 3. The van der Waals surface area contributed by atoms with Crippen molar-refractivity contribution in [2.24, 2.45) is 5.14 Å². The summed E-state index contributed by atoms with van der Waals surface area (Å²) in [5, 5.41) is 17.3. The summed E-state index contributed by atoms with van der Waals surface area (Å²) < 4.78 is 37.5. The molecule has 0 saturated heterocycles. The minimum absolute atomic E-state index is 0.0169. The van der Waals surface area contributed by atoms with Gasteiger partial charge in [0.2, 0.25) is 10.0 Å². The molecule has 37 heavy (non-hydrogen) atoms. The maximum absolute atomic E-state index is 14.5. The second-order valence-corrected chi connectivity index (χ2v) is 11.3. The summed E-state index contributed by atoms with van der Waals surface area (Å²) >= 11 is 0. The summed E-state index contributed by atoms with van der Waals surface area (Å²) in [6, 6.07) is 18.6. The number of urea groups is 1. The van der Waals surface area contributed by atoms with E-state index in [-0.39, 0.29) is 29.3 Å². The molecule has 1 aliphatic heterocycles. The predicted octanol–water partition coefficient (Wildman–Crippen LogP) is 4.75. The van der Waals surface area contributed by atoms with Crippen LogP contribution in [0.1, 0.15) is 42.4 Å². The number of nitriles is 1. The van der Waals surface area contributed by atoms with Crippen molar-refractivity contribution in [2.45, 2.75) is 49.0 Å². The molecule has 9 heteroatoms. The third-order valence-corrected chi connectivity index (χ3v) is 8.44. The summed E-state index contributed by atoms with van der Waals surface area (Å²) in [5.74, 6) is -0.395. The largest absolute Gasteiger partial charge is 0.334 e. The summed E-state index contributed by atoms with van der Waals surface area (Å²) in [5.41, 5.74) is 4.44. The molecule has 5 rings (SSSR count). The van der Waals surface area contributed by atoms with E-state index in [9.17, 15) is 22.9 Å². The number of primary sulfonamides is 1. The Kier molecular flexibility index (Phi) is 6.48. The molecule has 1 heterocycles. The van der Waals surface area contributed by atoms with Gasteiger partial charge in [-0.3, -0.25) is 4.90 Å². The normalized spacial score (nSPS) is 16.0. The number of anilines is 1. The zero-order chi connectivity index (χ0) is 26.2. The number of carbonyl (C=O) groups excluding carboxylic acids is 1. The van der Waals surface area contributed by atoms with Gasteiger partial charge in [-0.1, -0.05) is 43.2 Å². The van der Waals surface area contributed by atoms with Crippen LogP contribution in [0.4, 0.5) is 14.9 Å². The second kappa shape index (κ2) is 9.61. The first-order valence-electron chi connectivity index (χ1n) is 12.2. The van der Waals surface area contributed by atoms with Crippen LogP contribution in [0.5, 0.6) is 0 Å². The Morgan fingerprint density at radius 2 is 1.84 bits per heavy atom. The van der Waals surface area contributed by atoms with Crippen molar-refractivity contribution in [1.82, 2.24) is 5.32 Å². The van der Waals surface area contributed by atoms with E-state index in [4.69, 9.17) is 5.14 Å². The van der Waals surface area contributed by atoms with E-state index >= 15 is 0 Å². The summed E-state index contributed by atoms with van der Waals surface area (Å²) in [6.07, 6.45) is 4.08. The number of nitrogens with one attached hydrogen (secondary N) is 1. The van der Waals surface area contributed by atoms with Crippen LogP contribution in [0, 0.1) is 17.1 Å². The van der Waals surface area contributed by atoms with Gasteiger partial charge in [0.15, 0.2) is 0 Å². The molecule has 7 nitrogen and oxygen atoms in total. The fourth-order valence-corrected chi connectivity index (χ4v) is 6.17. The number of fused-ring (bicyclic) bond motifs is 2. The van der Waals surface area contributed by atoms with Gasteiger partial charge in [-0.05, 0) is 65.4 Å². The Bertz CT molecular complexity index is 1510. The first-order valence-corrected chi connectivity index (χ1v) is 13.7. The SMILES string of the molecule is N#CCc1c(F)cccc1-c1ccc2c(c1)C1(CCCC1)CN2C(=O)NCc1ccc(S(N)(=O)=O)cc1. The van der Waals surface area contributed by atoms with E-state index in [0.717, 1.165) is 48.1 Å². The molecule has 3 aromatic carbocycles. The molecule has 0 bridgehead atoms. The van der Waals surface area contributed by atoms with Crippen molar-refractivity contribution in [3.63, 3.8) is 0 Å². The van der Waals surface area contributed by atoms with Gasteiger partial charge in [0.05, 0.1) is 17.4 Å². The Morgan fingerprint density at radius 1 is 1.11 bits per heavy atom. The molecule has 0 aromatic heterocycles. The highest BCUT2D eigenvalue weighted by Crippen LogP contribution is 2.51. The summed E-state index contributed by atoms with van der Waals surface area (Å²) in [7, 11) is -3.77. The lowest BCUT2D eigenvalue weighted by molar-refractivity contribution is 0.245. The second-order valence-electron chi connectivity index (χ2n) is 9.75. The number of carbonyl (C=O) groups is 1. The number of hydrogen-bond acceptors (Lipinski definition) is 4. The highest BCUT2D eigenvalue weighted by atomic mass is 32.2. The van der Waals surface area contributed by atoms with Crippen molar-refractivity contribution in [1.29, 1.82) is 5.26 Å².